The van der Waals surface area contributed by atoms with E-state index in [9.17, 15) is 4.79 Å². The Morgan fingerprint density at radius 1 is 1.35 bits per heavy atom. The van der Waals surface area contributed by atoms with Crippen LogP contribution in [0.15, 0.2) is 30.7 Å². The molecule has 0 amide bonds. The lowest BCUT2D eigenvalue weighted by molar-refractivity contribution is 0.0387. The number of rotatable bonds is 5. The molecule has 2 aromatic heterocycles. The van der Waals surface area contributed by atoms with Crippen molar-refractivity contribution in [3.63, 3.8) is 0 Å². The van der Waals surface area contributed by atoms with Crippen molar-refractivity contribution in [1.29, 1.82) is 0 Å². The highest BCUT2D eigenvalue weighted by molar-refractivity contribution is 5.86. The average molecular weight is 312 g/mol. The number of esters is 1. The topological polar surface area (TPSA) is 69.9 Å². The number of carbonyl (C=O) groups is 1. The van der Waals surface area contributed by atoms with Crippen LogP contribution in [0.2, 0.25) is 0 Å². The molecule has 2 aliphatic rings. The van der Waals surface area contributed by atoms with Gasteiger partial charge in [0.15, 0.2) is 5.69 Å². The zero-order valence-corrected chi connectivity index (χ0v) is 13.0. The molecule has 23 heavy (non-hydrogen) atoms. The van der Waals surface area contributed by atoms with Crippen LogP contribution in [0.5, 0.6) is 0 Å². The van der Waals surface area contributed by atoms with Gasteiger partial charge in [-0.2, -0.15) is 0 Å². The van der Waals surface area contributed by atoms with Gasteiger partial charge >= 0.3 is 5.97 Å². The number of carbonyl (C=O) groups excluding carboxylic acids is 1. The van der Waals surface area contributed by atoms with Crippen molar-refractivity contribution in [1.82, 2.24) is 20.0 Å². The fourth-order valence-electron chi connectivity index (χ4n) is 3.99. The second-order valence-corrected chi connectivity index (χ2v) is 6.70. The Labute approximate surface area is 134 Å². The number of hydrogen-bond acceptors (Lipinski definition) is 5. The summed E-state index contributed by atoms with van der Waals surface area (Å²) in [5.41, 5.74) is 1.29. The third kappa shape index (κ3) is 3.11. The maximum atomic E-state index is 12.1. The molecule has 2 fully saturated rings. The van der Waals surface area contributed by atoms with Crippen LogP contribution in [0.3, 0.4) is 0 Å². The average Bonchev–Trinajstić information content (AvgIpc) is 3.30. The minimum atomic E-state index is -0.370. The van der Waals surface area contributed by atoms with Gasteiger partial charge in [-0.3, -0.25) is 4.98 Å². The molecule has 2 bridgehead atoms. The molecule has 2 aliphatic carbocycles. The van der Waals surface area contributed by atoms with Gasteiger partial charge in [0.1, 0.15) is 0 Å². The van der Waals surface area contributed by atoms with E-state index in [2.05, 4.69) is 15.3 Å². The van der Waals surface area contributed by atoms with Crippen molar-refractivity contribution >= 4 is 5.97 Å². The molecule has 120 valence electrons. The lowest BCUT2D eigenvalue weighted by atomic mass is 9.90. The molecule has 6 nitrogen and oxygen atoms in total. The van der Waals surface area contributed by atoms with Gasteiger partial charge in [0.2, 0.25) is 0 Å². The van der Waals surface area contributed by atoms with E-state index >= 15 is 0 Å². The fraction of sp³-hybridized carbons (Fsp3) is 0.529. The zero-order chi connectivity index (χ0) is 15.6. The summed E-state index contributed by atoms with van der Waals surface area (Å²) in [4.78, 5) is 16.2. The molecular weight excluding hydrogens is 292 g/mol. The maximum Gasteiger partial charge on any atom is 0.360 e. The molecule has 0 unspecified atom stereocenters. The summed E-state index contributed by atoms with van der Waals surface area (Å²) in [6.45, 7) is 1.07. The molecule has 0 N–H and O–H groups in total. The molecule has 3 atom stereocenters. The predicted octanol–water partition coefficient (Wildman–Crippen LogP) is 2.31. The van der Waals surface area contributed by atoms with E-state index < -0.39 is 0 Å². The summed E-state index contributed by atoms with van der Waals surface area (Å²) in [6, 6.07) is 3.83. The van der Waals surface area contributed by atoms with Crippen molar-refractivity contribution < 1.29 is 9.53 Å². The lowest BCUT2D eigenvalue weighted by Crippen LogP contribution is -2.19. The van der Waals surface area contributed by atoms with E-state index in [-0.39, 0.29) is 11.7 Å². The van der Waals surface area contributed by atoms with E-state index in [1.54, 1.807) is 23.3 Å². The number of fused-ring (bicyclic) bond motifs is 2. The van der Waals surface area contributed by atoms with E-state index in [0.29, 0.717) is 19.1 Å². The van der Waals surface area contributed by atoms with Crippen LogP contribution < -0.4 is 0 Å². The van der Waals surface area contributed by atoms with Crippen LogP contribution in [-0.2, 0) is 11.3 Å². The monoisotopic (exact) mass is 312 g/mol. The van der Waals surface area contributed by atoms with Gasteiger partial charge in [0.05, 0.1) is 19.3 Å². The summed E-state index contributed by atoms with van der Waals surface area (Å²) in [6.07, 6.45) is 10.3. The highest BCUT2D eigenvalue weighted by Gasteiger charge is 2.40. The number of nitrogens with zero attached hydrogens (tertiary/aromatic N) is 4. The standard InChI is InChI=1S/C17H20N4O2/c22-17(23-11-15-7-12-3-4-14(15)6-12)16-10-21(20-19-16)9-13-2-1-5-18-8-13/h1-2,5,8,10,12,14-15H,3-4,6-7,9,11H2/t12-,14-,15-/m0/s1. The van der Waals surface area contributed by atoms with Crippen LogP contribution in [0.1, 0.15) is 41.7 Å². The van der Waals surface area contributed by atoms with Crippen LogP contribution in [0, 0.1) is 17.8 Å². The first-order valence-electron chi connectivity index (χ1n) is 8.24. The van der Waals surface area contributed by atoms with Crippen molar-refractivity contribution in [3.05, 3.63) is 42.0 Å². The summed E-state index contributed by atoms with van der Waals surface area (Å²) in [5.74, 6) is 1.80. The third-order valence-electron chi connectivity index (χ3n) is 5.13. The Bertz CT molecular complexity index is 685. The normalized spacial score (nSPS) is 25.7. The Morgan fingerprint density at radius 3 is 3.04 bits per heavy atom. The Kier molecular flexibility index (Phi) is 3.81. The minimum Gasteiger partial charge on any atom is -0.461 e. The van der Waals surface area contributed by atoms with Crippen LogP contribution in [0.4, 0.5) is 0 Å². The van der Waals surface area contributed by atoms with Gasteiger partial charge in [0.25, 0.3) is 0 Å². The Hall–Kier alpha value is -2.24. The zero-order valence-electron chi connectivity index (χ0n) is 13.0. The van der Waals surface area contributed by atoms with E-state index in [1.807, 2.05) is 12.1 Å². The van der Waals surface area contributed by atoms with Crippen LogP contribution in [-0.4, -0.2) is 32.6 Å². The summed E-state index contributed by atoms with van der Waals surface area (Å²) < 4.78 is 7.09. The maximum absolute atomic E-state index is 12.1. The molecule has 0 saturated heterocycles. The van der Waals surface area contributed by atoms with Crippen molar-refractivity contribution in [3.8, 4) is 0 Å². The van der Waals surface area contributed by atoms with Gasteiger partial charge in [0, 0.05) is 12.4 Å². The molecule has 4 rings (SSSR count). The molecular formula is C17H20N4O2. The van der Waals surface area contributed by atoms with Crippen molar-refractivity contribution in [2.45, 2.75) is 32.2 Å². The quantitative estimate of drug-likeness (QED) is 0.792. The van der Waals surface area contributed by atoms with Gasteiger partial charge < -0.3 is 4.74 Å². The van der Waals surface area contributed by atoms with Gasteiger partial charge in [-0.15, -0.1) is 5.10 Å². The minimum absolute atomic E-state index is 0.275. The molecule has 0 aliphatic heterocycles. The highest BCUT2D eigenvalue weighted by Crippen LogP contribution is 2.48. The molecule has 0 spiro atoms. The highest BCUT2D eigenvalue weighted by atomic mass is 16.5. The fourth-order valence-corrected chi connectivity index (χ4v) is 3.99. The number of hydrogen-bond donors (Lipinski definition) is 0. The number of pyridine rings is 1. The first kappa shape index (κ1) is 14.4. The van der Waals surface area contributed by atoms with Crippen LogP contribution in [0.25, 0.3) is 0 Å². The van der Waals surface area contributed by atoms with Crippen molar-refractivity contribution in [2.75, 3.05) is 6.61 Å². The van der Waals surface area contributed by atoms with E-state index in [4.69, 9.17) is 4.74 Å². The van der Waals surface area contributed by atoms with Crippen molar-refractivity contribution in [2.24, 2.45) is 17.8 Å². The van der Waals surface area contributed by atoms with E-state index in [1.165, 1.54) is 25.7 Å². The largest absolute Gasteiger partial charge is 0.461 e. The lowest BCUT2D eigenvalue weighted by Gasteiger charge is -2.20. The van der Waals surface area contributed by atoms with E-state index in [0.717, 1.165) is 17.4 Å². The first-order chi connectivity index (χ1) is 11.3. The molecule has 0 radical (unpaired) electrons. The number of ether oxygens (including phenoxy) is 1. The molecule has 2 saturated carbocycles. The molecule has 2 heterocycles. The number of aromatic nitrogens is 4. The Balaban J connectivity index is 1.32. The molecule has 0 aromatic carbocycles. The molecule has 2 aromatic rings. The SMILES string of the molecule is O=C(OC[C@@H]1C[C@H]2CC[C@H]1C2)c1cn(Cc2cccnc2)nn1. The second-order valence-electron chi connectivity index (χ2n) is 6.70. The summed E-state index contributed by atoms with van der Waals surface area (Å²) >= 11 is 0. The Morgan fingerprint density at radius 2 is 2.30 bits per heavy atom. The molecule has 6 heteroatoms. The van der Waals surface area contributed by atoms with Gasteiger partial charge in [-0.25, -0.2) is 9.48 Å². The van der Waals surface area contributed by atoms with Gasteiger partial charge in [-0.1, -0.05) is 17.7 Å². The van der Waals surface area contributed by atoms with Gasteiger partial charge in [-0.05, 0) is 48.6 Å². The third-order valence-corrected chi connectivity index (χ3v) is 5.13. The van der Waals surface area contributed by atoms with Crippen LogP contribution >= 0.6 is 0 Å². The second kappa shape index (κ2) is 6.10. The smallest absolute Gasteiger partial charge is 0.360 e. The first-order valence-corrected chi connectivity index (χ1v) is 8.24. The predicted molar refractivity (Wildman–Crippen MR) is 82.6 cm³/mol. The summed E-state index contributed by atoms with van der Waals surface area (Å²) in [5, 5.41) is 7.91. The summed E-state index contributed by atoms with van der Waals surface area (Å²) in [7, 11) is 0.